The van der Waals surface area contributed by atoms with E-state index in [4.69, 9.17) is 0 Å². The van der Waals surface area contributed by atoms with Crippen molar-refractivity contribution >= 4 is 0 Å². The van der Waals surface area contributed by atoms with Gasteiger partial charge in [-0.1, -0.05) is 6.92 Å². The molecule has 2 aromatic rings. The van der Waals surface area contributed by atoms with Crippen molar-refractivity contribution in [2.75, 3.05) is 6.54 Å². The molecule has 0 atom stereocenters. The lowest BCUT2D eigenvalue weighted by Crippen LogP contribution is -2.14. The summed E-state index contributed by atoms with van der Waals surface area (Å²) in [4.78, 5) is 8.49. The number of rotatable bonds is 5. The fourth-order valence-corrected chi connectivity index (χ4v) is 1.76. The molecule has 4 heteroatoms. The average Bonchev–Trinajstić information content (AvgIpc) is 2.76. The Morgan fingerprint density at radius 2 is 2.24 bits per heavy atom. The number of pyridine rings is 1. The van der Waals surface area contributed by atoms with Crippen LogP contribution >= 0.6 is 0 Å². The number of hydrogen-bond acceptors (Lipinski definition) is 3. The summed E-state index contributed by atoms with van der Waals surface area (Å²) in [6.45, 7) is 6.05. The Balaban J connectivity index is 2.14. The topological polar surface area (TPSA) is 42.7 Å². The van der Waals surface area contributed by atoms with E-state index in [0.717, 1.165) is 31.0 Å². The number of hydrogen-bond donors (Lipinski definition) is 1. The number of aryl methyl sites for hydroxylation is 1. The van der Waals surface area contributed by atoms with Gasteiger partial charge < -0.3 is 9.88 Å². The van der Waals surface area contributed by atoms with Gasteiger partial charge in [-0.15, -0.1) is 0 Å². The van der Waals surface area contributed by atoms with Crippen LogP contribution in [0.3, 0.4) is 0 Å². The average molecular weight is 230 g/mol. The minimum atomic E-state index is 0.864. The molecule has 0 saturated carbocycles. The highest BCUT2D eigenvalue weighted by molar-refractivity contribution is 5.33. The molecule has 0 aliphatic heterocycles. The van der Waals surface area contributed by atoms with E-state index in [1.54, 1.807) is 6.20 Å². The lowest BCUT2D eigenvalue weighted by Gasteiger charge is -2.07. The zero-order valence-electron chi connectivity index (χ0n) is 10.3. The van der Waals surface area contributed by atoms with Gasteiger partial charge in [-0.3, -0.25) is 4.98 Å². The number of nitrogens with zero attached hydrogens (tertiary/aromatic N) is 3. The van der Waals surface area contributed by atoms with Gasteiger partial charge in [0.15, 0.2) is 0 Å². The summed E-state index contributed by atoms with van der Waals surface area (Å²) in [7, 11) is 0. The van der Waals surface area contributed by atoms with Crippen molar-refractivity contribution in [1.82, 2.24) is 19.9 Å². The van der Waals surface area contributed by atoms with Crippen LogP contribution in [0.25, 0.3) is 5.69 Å². The second-order valence-electron chi connectivity index (χ2n) is 4.07. The van der Waals surface area contributed by atoms with E-state index in [-0.39, 0.29) is 0 Å². The normalized spacial score (nSPS) is 10.7. The van der Waals surface area contributed by atoms with Crippen molar-refractivity contribution in [2.24, 2.45) is 0 Å². The lowest BCUT2D eigenvalue weighted by molar-refractivity contribution is 0.673. The first-order chi connectivity index (χ1) is 8.31. The maximum atomic E-state index is 4.27. The van der Waals surface area contributed by atoms with Gasteiger partial charge in [0, 0.05) is 25.1 Å². The summed E-state index contributed by atoms with van der Waals surface area (Å²) in [6, 6.07) is 2.14. The smallest absolute Gasteiger partial charge is 0.110 e. The minimum absolute atomic E-state index is 0.864. The van der Waals surface area contributed by atoms with Gasteiger partial charge in [0.25, 0.3) is 0 Å². The van der Waals surface area contributed by atoms with Gasteiger partial charge in [-0.05, 0) is 31.5 Å². The van der Waals surface area contributed by atoms with Crippen molar-refractivity contribution < 1.29 is 0 Å². The van der Waals surface area contributed by atoms with Crippen LogP contribution in [0.4, 0.5) is 0 Å². The summed E-state index contributed by atoms with van der Waals surface area (Å²) in [6.07, 6.45) is 8.66. The Bertz CT molecular complexity index is 476. The van der Waals surface area contributed by atoms with E-state index in [1.807, 2.05) is 30.1 Å². The van der Waals surface area contributed by atoms with E-state index < -0.39 is 0 Å². The van der Waals surface area contributed by atoms with Gasteiger partial charge in [-0.25, -0.2) is 4.98 Å². The molecule has 0 aliphatic rings. The third-order valence-electron chi connectivity index (χ3n) is 2.64. The van der Waals surface area contributed by atoms with Gasteiger partial charge in [0.05, 0.1) is 11.9 Å². The van der Waals surface area contributed by atoms with Crippen LogP contribution < -0.4 is 5.32 Å². The monoisotopic (exact) mass is 230 g/mol. The molecule has 0 saturated heterocycles. The fraction of sp³-hybridized carbons (Fsp3) is 0.385. The molecule has 90 valence electrons. The maximum absolute atomic E-state index is 4.27. The van der Waals surface area contributed by atoms with Crippen molar-refractivity contribution in [1.29, 1.82) is 0 Å². The fourth-order valence-electron chi connectivity index (χ4n) is 1.76. The van der Waals surface area contributed by atoms with E-state index >= 15 is 0 Å². The van der Waals surface area contributed by atoms with Crippen LogP contribution in [0.15, 0.2) is 30.9 Å². The van der Waals surface area contributed by atoms with E-state index in [9.17, 15) is 0 Å². The molecule has 17 heavy (non-hydrogen) atoms. The summed E-state index contributed by atoms with van der Waals surface area (Å²) < 4.78 is 2.04. The van der Waals surface area contributed by atoms with E-state index in [1.165, 1.54) is 5.56 Å². The molecule has 2 aromatic heterocycles. The molecule has 0 aromatic carbocycles. The second kappa shape index (κ2) is 5.59. The van der Waals surface area contributed by atoms with E-state index in [0.29, 0.717) is 0 Å². The lowest BCUT2D eigenvalue weighted by atomic mass is 10.2. The molecule has 0 bridgehead atoms. The molecule has 0 unspecified atom stereocenters. The van der Waals surface area contributed by atoms with Crippen molar-refractivity contribution in [3.63, 3.8) is 0 Å². The van der Waals surface area contributed by atoms with Crippen LogP contribution in [0, 0.1) is 6.92 Å². The first-order valence-electron chi connectivity index (χ1n) is 5.96. The van der Waals surface area contributed by atoms with Crippen LogP contribution in [-0.2, 0) is 6.54 Å². The molecule has 0 spiro atoms. The van der Waals surface area contributed by atoms with Gasteiger partial charge in [0.2, 0.25) is 0 Å². The summed E-state index contributed by atoms with van der Waals surface area (Å²) in [5, 5.41) is 3.37. The molecule has 1 N–H and O–H groups in total. The number of nitrogens with one attached hydrogen (secondary N) is 1. The van der Waals surface area contributed by atoms with Crippen molar-refractivity contribution in [3.05, 3.63) is 42.2 Å². The first kappa shape index (κ1) is 11.8. The van der Waals surface area contributed by atoms with Crippen LogP contribution in [0.1, 0.15) is 24.7 Å². The van der Waals surface area contributed by atoms with Gasteiger partial charge >= 0.3 is 0 Å². The first-order valence-corrected chi connectivity index (χ1v) is 5.96. The highest BCUT2D eigenvalue weighted by Crippen LogP contribution is 2.10. The zero-order valence-corrected chi connectivity index (χ0v) is 10.3. The Morgan fingerprint density at radius 3 is 2.94 bits per heavy atom. The predicted octanol–water partition coefficient (Wildman–Crippen LogP) is 2.08. The highest BCUT2D eigenvalue weighted by Gasteiger charge is 2.01. The number of aromatic nitrogens is 3. The molecule has 2 rings (SSSR count). The third kappa shape index (κ3) is 2.91. The van der Waals surface area contributed by atoms with Crippen molar-refractivity contribution in [2.45, 2.75) is 26.8 Å². The van der Waals surface area contributed by atoms with Crippen molar-refractivity contribution in [3.8, 4) is 5.69 Å². The minimum Gasteiger partial charge on any atom is -0.313 e. The highest BCUT2D eigenvalue weighted by atomic mass is 15.1. The SMILES string of the molecule is CCCNCc1cncc(-n2ccnc2C)c1. The third-order valence-corrected chi connectivity index (χ3v) is 2.64. The molecule has 0 fully saturated rings. The van der Waals surface area contributed by atoms with Gasteiger partial charge in [0.1, 0.15) is 5.82 Å². The number of imidazole rings is 1. The van der Waals surface area contributed by atoms with Crippen LogP contribution in [-0.4, -0.2) is 21.1 Å². The van der Waals surface area contributed by atoms with Crippen LogP contribution in [0.5, 0.6) is 0 Å². The Labute approximate surface area is 102 Å². The predicted molar refractivity (Wildman–Crippen MR) is 68.1 cm³/mol. The molecule has 0 amide bonds. The Morgan fingerprint density at radius 1 is 1.35 bits per heavy atom. The zero-order chi connectivity index (χ0) is 12.1. The second-order valence-corrected chi connectivity index (χ2v) is 4.07. The molecular weight excluding hydrogens is 212 g/mol. The van der Waals surface area contributed by atoms with Gasteiger partial charge in [-0.2, -0.15) is 0 Å². The molecule has 2 heterocycles. The standard InChI is InChI=1S/C13H18N4/c1-3-4-14-8-12-7-13(10-15-9-12)17-6-5-16-11(17)2/h5-7,9-10,14H,3-4,8H2,1-2H3. The molecular formula is C13H18N4. The summed E-state index contributed by atoms with van der Waals surface area (Å²) >= 11 is 0. The Kier molecular flexibility index (Phi) is 3.88. The summed E-state index contributed by atoms with van der Waals surface area (Å²) in [5.41, 5.74) is 2.26. The quantitative estimate of drug-likeness (QED) is 0.800. The molecule has 0 radical (unpaired) electrons. The summed E-state index contributed by atoms with van der Waals surface area (Å²) in [5.74, 6) is 0.977. The van der Waals surface area contributed by atoms with E-state index in [2.05, 4.69) is 28.3 Å². The van der Waals surface area contributed by atoms with Crippen LogP contribution in [0.2, 0.25) is 0 Å². The largest absolute Gasteiger partial charge is 0.313 e. The molecule has 0 aliphatic carbocycles. The Hall–Kier alpha value is -1.68. The maximum Gasteiger partial charge on any atom is 0.110 e. The molecule has 4 nitrogen and oxygen atoms in total.